The minimum absolute atomic E-state index is 0.253. The van der Waals surface area contributed by atoms with E-state index in [0.717, 1.165) is 5.56 Å². The number of hydrogen-bond donors (Lipinski definition) is 1. The van der Waals surface area contributed by atoms with Crippen molar-refractivity contribution in [2.75, 3.05) is 40.6 Å². The molecule has 1 amide bonds. The van der Waals surface area contributed by atoms with Crippen LogP contribution in [0.3, 0.4) is 0 Å². The second-order valence-electron chi connectivity index (χ2n) is 6.34. The molecular formula is C21H22ClNO7. The van der Waals surface area contributed by atoms with Gasteiger partial charge in [-0.15, -0.1) is 0 Å². The lowest BCUT2D eigenvalue weighted by Crippen LogP contribution is -2.25. The Bertz CT molecular complexity index is 932. The van der Waals surface area contributed by atoms with Crippen LogP contribution in [-0.4, -0.2) is 52.5 Å². The summed E-state index contributed by atoms with van der Waals surface area (Å²) in [6, 6.07) is 8.37. The predicted molar refractivity (Wildman–Crippen MR) is 109 cm³/mol. The first-order chi connectivity index (χ1) is 14.5. The molecule has 0 aliphatic carbocycles. The van der Waals surface area contributed by atoms with Gasteiger partial charge >= 0.3 is 5.97 Å². The van der Waals surface area contributed by atoms with Crippen molar-refractivity contribution in [1.82, 2.24) is 5.32 Å². The van der Waals surface area contributed by atoms with Gasteiger partial charge in [-0.05, 0) is 42.3 Å². The number of amides is 1. The van der Waals surface area contributed by atoms with Crippen molar-refractivity contribution >= 4 is 23.5 Å². The smallest absolute Gasteiger partial charge is 0.343 e. The standard InChI is InChI=1S/C21H22ClNO7/c1-26-17-11-14(3-4-16(17)30-12-19(24)27-2)21(25)23-6-5-13-9-15(22)20-18(10-13)28-7-8-29-20/h3-4,9-11H,5-8,12H2,1-2H3,(H,23,25). The SMILES string of the molecule is COC(=O)COc1ccc(C(=O)NCCc2cc(Cl)c3c(c2)OCCO3)cc1OC. The Labute approximate surface area is 179 Å². The zero-order valence-corrected chi connectivity index (χ0v) is 17.4. The Hall–Kier alpha value is -3.13. The van der Waals surface area contributed by atoms with Crippen molar-refractivity contribution < 1.29 is 33.3 Å². The first-order valence-electron chi connectivity index (χ1n) is 9.25. The van der Waals surface area contributed by atoms with E-state index in [-0.39, 0.29) is 12.5 Å². The summed E-state index contributed by atoms with van der Waals surface area (Å²) in [4.78, 5) is 23.7. The summed E-state index contributed by atoms with van der Waals surface area (Å²) in [6.07, 6.45) is 0.569. The predicted octanol–water partition coefficient (Wildman–Crippen LogP) is 2.64. The van der Waals surface area contributed by atoms with Gasteiger partial charge in [-0.25, -0.2) is 4.79 Å². The first kappa shape index (κ1) is 21.6. The topological polar surface area (TPSA) is 92.3 Å². The fourth-order valence-electron chi connectivity index (χ4n) is 2.85. The van der Waals surface area contributed by atoms with Crippen LogP contribution in [0.15, 0.2) is 30.3 Å². The Balaban J connectivity index is 1.58. The van der Waals surface area contributed by atoms with Crippen LogP contribution >= 0.6 is 11.6 Å². The molecule has 1 aliphatic rings. The van der Waals surface area contributed by atoms with Crippen LogP contribution in [0.2, 0.25) is 5.02 Å². The lowest BCUT2D eigenvalue weighted by molar-refractivity contribution is -0.142. The summed E-state index contributed by atoms with van der Waals surface area (Å²) in [5, 5.41) is 3.34. The molecule has 2 aromatic carbocycles. The summed E-state index contributed by atoms with van der Waals surface area (Å²) >= 11 is 6.24. The van der Waals surface area contributed by atoms with Crippen LogP contribution in [0, 0.1) is 0 Å². The van der Waals surface area contributed by atoms with E-state index >= 15 is 0 Å². The Morgan fingerprint density at radius 2 is 1.90 bits per heavy atom. The lowest BCUT2D eigenvalue weighted by Gasteiger charge is -2.20. The summed E-state index contributed by atoms with van der Waals surface area (Å²) in [7, 11) is 2.73. The Morgan fingerprint density at radius 3 is 2.67 bits per heavy atom. The molecule has 0 fully saturated rings. The van der Waals surface area contributed by atoms with Gasteiger partial charge in [0.1, 0.15) is 13.2 Å². The number of nitrogens with one attached hydrogen (secondary N) is 1. The van der Waals surface area contributed by atoms with Gasteiger partial charge in [0.15, 0.2) is 29.6 Å². The van der Waals surface area contributed by atoms with Crippen molar-refractivity contribution in [2.45, 2.75) is 6.42 Å². The molecule has 0 radical (unpaired) electrons. The van der Waals surface area contributed by atoms with E-state index < -0.39 is 5.97 Å². The number of rotatable bonds is 8. The molecule has 0 saturated heterocycles. The zero-order valence-electron chi connectivity index (χ0n) is 16.7. The molecule has 1 heterocycles. The fraction of sp³-hybridized carbons (Fsp3) is 0.333. The molecule has 0 atom stereocenters. The number of halogens is 1. The molecule has 9 heteroatoms. The molecule has 1 N–H and O–H groups in total. The molecule has 0 aromatic heterocycles. The fourth-order valence-corrected chi connectivity index (χ4v) is 3.14. The van der Waals surface area contributed by atoms with E-state index in [9.17, 15) is 9.59 Å². The third-order valence-corrected chi connectivity index (χ3v) is 4.64. The molecule has 160 valence electrons. The minimum Gasteiger partial charge on any atom is -0.493 e. The molecule has 0 bridgehead atoms. The van der Waals surface area contributed by atoms with Crippen molar-refractivity contribution in [3.05, 3.63) is 46.5 Å². The van der Waals surface area contributed by atoms with E-state index in [0.29, 0.717) is 59.8 Å². The van der Waals surface area contributed by atoms with Crippen LogP contribution < -0.4 is 24.3 Å². The summed E-state index contributed by atoms with van der Waals surface area (Å²) in [5.74, 6) is 1.06. The second-order valence-corrected chi connectivity index (χ2v) is 6.75. The van der Waals surface area contributed by atoms with Crippen molar-refractivity contribution in [3.63, 3.8) is 0 Å². The largest absolute Gasteiger partial charge is 0.493 e. The van der Waals surface area contributed by atoms with Gasteiger partial charge in [0, 0.05) is 12.1 Å². The average Bonchev–Trinajstić information content (AvgIpc) is 2.77. The number of carbonyl (C=O) groups is 2. The lowest BCUT2D eigenvalue weighted by atomic mass is 10.1. The maximum Gasteiger partial charge on any atom is 0.343 e. The molecule has 0 unspecified atom stereocenters. The molecular weight excluding hydrogens is 414 g/mol. The molecule has 1 aliphatic heterocycles. The number of ether oxygens (including phenoxy) is 5. The Kier molecular flexibility index (Phi) is 7.24. The summed E-state index contributed by atoms with van der Waals surface area (Å²) < 4.78 is 26.2. The molecule has 0 spiro atoms. The van der Waals surface area contributed by atoms with Crippen molar-refractivity contribution in [2.24, 2.45) is 0 Å². The van der Waals surface area contributed by atoms with Crippen LogP contribution in [0.1, 0.15) is 15.9 Å². The van der Waals surface area contributed by atoms with Crippen LogP contribution in [0.4, 0.5) is 0 Å². The van der Waals surface area contributed by atoms with Gasteiger partial charge in [0.25, 0.3) is 5.91 Å². The maximum absolute atomic E-state index is 12.5. The molecule has 30 heavy (non-hydrogen) atoms. The van der Waals surface area contributed by atoms with E-state index in [4.69, 9.17) is 30.5 Å². The average molecular weight is 436 g/mol. The number of hydrogen-bond acceptors (Lipinski definition) is 7. The first-order valence-corrected chi connectivity index (χ1v) is 9.63. The quantitative estimate of drug-likeness (QED) is 0.637. The maximum atomic E-state index is 12.5. The van der Waals surface area contributed by atoms with Crippen LogP contribution in [0.25, 0.3) is 0 Å². The zero-order chi connectivity index (χ0) is 21.5. The number of carbonyl (C=O) groups excluding carboxylic acids is 2. The van der Waals surface area contributed by atoms with Gasteiger partial charge in [-0.3, -0.25) is 4.79 Å². The monoisotopic (exact) mass is 435 g/mol. The van der Waals surface area contributed by atoms with Gasteiger partial charge in [0.2, 0.25) is 0 Å². The van der Waals surface area contributed by atoms with Crippen LogP contribution in [0.5, 0.6) is 23.0 Å². The number of methoxy groups -OCH3 is 2. The van der Waals surface area contributed by atoms with Gasteiger partial charge in [-0.2, -0.15) is 0 Å². The third-order valence-electron chi connectivity index (χ3n) is 4.35. The van der Waals surface area contributed by atoms with E-state index in [1.165, 1.54) is 14.2 Å². The van der Waals surface area contributed by atoms with Crippen molar-refractivity contribution in [3.8, 4) is 23.0 Å². The Morgan fingerprint density at radius 1 is 1.10 bits per heavy atom. The van der Waals surface area contributed by atoms with Gasteiger partial charge < -0.3 is 29.0 Å². The molecule has 0 saturated carbocycles. The normalized spacial score (nSPS) is 12.1. The van der Waals surface area contributed by atoms with Crippen molar-refractivity contribution in [1.29, 1.82) is 0 Å². The number of benzene rings is 2. The van der Waals surface area contributed by atoms with E-state index in [1.54, 1.807) is 24.3 Å². The molecule has 8 nitrogen and oxygen atoms in total. The minimum atomic E-state index is -0.516. The molecule has 2 aromatic rings. The van der Waals surface area contributed by atoms with E-state index in [2.05, 4.69) is 10.1 Å². The third kappa shape index (κ3) is 5.27. The highest BCUT2D eigenvalue weighted by atomic mass is 35.5. The summed E-state index contributed by atoms with van der Waals surface area (Å²) in [5.41, 5.74) is 1.33. The van der Waals surface area contributed by atoms with Gasteiger partial charge in [-0.1, -0.05) is 11.6 Å². The highest BCUT2D eigenvalue weighted by Gasteiger charge is 2.17. The second kappa shape index (κ2) is 10.1. The highest BCUT2D eigenvalue weighted by molar-refractivity contribution is 6.32. The summed E-state index contributed by atoms with van der Waals surface area (Å²) in [6.45, 7) is 1.09. The number of esters is 1. The van der Waals surface area contributed by atoms with E-state index in [1.807, 2.05) is 6.07 Å². The van der Waals surface area contributed by atoms with Crippen LogP contribution in [-0.2, 0) is 16.0 Å². The number of fused-ring (bicyclic) bond motifs is 1. The highest BCUT2D eigenvalue weighted by Crippen LogP contribution is 2.38. The molecule has 3 rings (SSSR count). The van der Waals surface area contributed by atoms with Gasteiger partial charge in [0.05, 0.1) is 19.2 Å².